The number of halogens is 3. The van der Waals surface area contributed by atoms with Crippen molar-refractivity contribution in [2.24, 2.45) is 5.92 Å². The van der Waals surface area contributed by atoms with Crippen LogP contribution in [0.5, 0.6) is 5.88 Å². The van der Waals surface area contributed by atoms with Crippen LogP contribution < -0.4 is 15.8 Å². The predicted octanol–water partition coefficient (Wildman–Crippen LogP) is 5.19. The van der Waals surface area contributed by atoms with E-state index in [-0.39, 0.29) is 37.7 Å². The number of carbonyl (C=O) groups excluding carboxylic acids is 1. The lowest BCUT2D eigenvalue weighted by molar-refractivity contribution is -0.160. The maximum atomic E-state index is 13.1. The summed E-state index contributed by atoms with van der Waals surface area (Å²) in [6, 6.07) is 13.8. The molecule has 0 fully saturated rings. The molecule has 1 unspecified atom stereocenters. The Hall–Kier alpha value is -4.65. The van der Waals surface area contributed by atoms with Gasteiger partial charge in [-0.1, -0.05) is 59.9 Å². The first-order valence-electron chi connectivity index (χ1n) is 12.5. The number of aromatic carboxylic acids is 1. The molecule has 0 radical (unpaired) electrons. The lowest BCUT2D eigenvalue weighted by Crippen LogP contribution is -2.28. The molecule has 1 aliphatic carbocycles. The molecule has 4 N–H and O–H groups in total. The van der Waals surface area contributed by atoms with Crippen molar-refractivity contribution in [3.63, 3.8) is 0 Å². The number of carboxylic acids is 1. The van der Waals surface area contributed by atoms with Gasteiger partial charge in [0.05, 0.1) is 16.1 Å². The number of aromatic nitrogens is 3. The van der Waals surface area contributed by atoms with Gasteiger partial charge in [-0.3, -0.25) is 4.79 Å². The quantitative estimate of drug-likeness (QED) is 0.247. The zero-order chi connectivity index (χ0) is 29.1. The number of carboxylic acid groups (broad SMARTS) is 1. The lowest BCUT2D eigenvalue weighted by atomic mass is 9.91. The maximum absolute atomic E-state index is 13.1. The van der Waals surface area contributed by atoms with Gasteiger partial charge in [-0.15, -0.1) is 0 Å². The number of hydrogen-bond acceptors (Lipinski definition) is 7. The van der Waals surface area contributed by atoms with Crippen molar-refractivity contribution in [1.29, 1.82) is 0 Å². The fourth-order valence-electron chi connectivity index (χ4n) is 4.37. The number of nitrogens with two attached hydrogens (primary N) is 1. The van der Waals surface area contributed by atoms with E-state index >= 15 is 0 Å². The highest BCUT2D eigenvalue weighted by molar-refractivity contribution is 7.22. The zero-order valence-electron chi connectivity index (χ0n) is 21.4. The number of allylic oxidation sites excluding steroid dienone is 4. The minimum atomic E-state index is -4.31. The summed E-state index contributed by atoms with van der Waals surface area (Å²) in [7, 11) is 0. The number of nitrogens with one attached hydrogen (secondary N) is 1. The van der Waals surface area contributed by atoms with Crippen LogP contribution in [0.2, 0.25) is 0 Å². The van der Waals surface area contributed by atoms with Crippen molar-refractivity contribution in [2.45, 2.75) is 32.3 Å². The number of rotatable bonds is 9. The topological polar surface area (TPSA) is 132 Å². The summed E-state index contributed by atoms with van der Waals surface area (Å²) in [5.74, 6) is -3.18. The highest BCUT2D eigenvalue weighted by atomic mass is 32.1. The second kappa shape index (κ2) is 11.5. The van der Waals surface area contributed by atoms with Gasteiger partial charge in [0, 0.05) is 12.6 Å². The van der Waals surface area contributed by atoms with Crippen LogP contribution in [-0.4, -0.2) is 37.9 Å². The van der Waals surface area contributed by atoms with E-state index in [1.807, 2.05) is 18.2 Å². The van der Waals surface area contributed by atoms with Gasteiger partial charge in [-0.05, 0) is 40.8 Å². The van der Waals surface area contributed by atoms with Crippen LogP contribution in [0.15, 0.2) is 66.8 Å². The molecule has 2 heterocycles. The van der Waals surface area contributed by atoms with Crippen molar-refractivity contribution in [3.05, 3.63) is 89.1 Å². The number of alkyl halides is 3. The van der Waals surface area contributed by atoms with Gasteiger partial charge in [0.1, 0.15) is 13.2 Å². The minimum Gasteiger partial charge on any atom is -0.476 e. The number of nitrogen functional groups attached to an aromatic ring is 1. The number of benzene rings is 2. The van der Waals surface area contributed by atoms with Gasteiger partial charge in [-0.2, -0.15) is 18.3 Å². The SMILES string of the molecule is Nc1nc2ccc(CNC(=O)Cn3nc(C(=O)O)cc3OCc3ccccc3C3=CCC(C(F)(F)F)C=C3)cc2s1. The molecule has 0 saturated heterocycles. The summed E-state index contributed by atoms with van der Waals surface area (Å²) in [5, 5.41) is 16.7. The third-order valence-electron chi connectivity index (χ3n) is 6.44. The van der Waals surface area contributed by atoms with Crippen molar-refractivity contribution >= 4 is 44.1 Å². The normalized spacial score (nSPS) is 15.1. The highest BCUT2D eigenvalue weighted by Crippen LogP contribution is 2.36. The molecular formula is C28H24F3N5O4S. The summed E-state index contributed by atoms with van der Waals surface area (Å²) in [4.78, 5) is 28.5. The zero-order valence-corrected chi connectivity index (χ0v) is 22.2. The molecule has 2 aromatic heterocycles. The number of nitrogens with zero attached hydrogens (tertiary/aromatic N) is 3. The molecule has 0 aliphatic heterocycles. The first-order chi connectivity index (χ1) is 19.6. The van der Waals surface area contributed by atoms with Crippen LogP contribution in [0.3, 0.4) is 0 Å². The number of thiazole rings is 1. The van der Waals surface area contributed by atoms with Gasteiger partial charge >= 0.3 is 12.1 Å². The Morgan fingerprint density at radius 3 is 2.73 bits per heavy atom. The van der Waals surface area contributed by atoms with E-state index in [2.05, 4.69) is 15.4 Å². The fraction of sp³-hybridized carbons (Fsp3) is 0.214. The molecule has 0 saturated carbocycles. The Kier molecular flexibility index (Phi) is 7.79. The molecule has 0 bridgehead atoms. The van der Waals surface area contributed by atoms with E-state index in [9.17, 15) is 27.9 Å². The third-order valence-corrected chi connectivity index (χ3v) is 7.29. The van der Waals surface area contributed by atoms with Crippen LogP contribution in [0, 0.1) is 5.92 Å². The molecule has 1 aliphatic rings. The van der Waals surface area contributed by atoms with E-state index in [4.69, 9.17) is 10.5 Å². The maximum Gasteiger partial charge on any atom is 0.395 e. The van der Waals surface area contributed by atoms with Crippen molar-refractivity contribution in [2.75, 3.05) is 5.73 Å². The number of hydrogen-bond donors (Lipinski definition) is 3. The van der Waals surface area contributed by atoms with Gasteiger partial charge in [0.25, 0.3) is 0 Å². The standard InChI is InChI=1S/C28H24F3N5O4S/c29-28(30,31)19-8-6-17(7-9-19)20-4-2-1-3-18(20)15-40-25-12-22(26(38)39)35-36(25)14-24(37)33-13-16-5-10-21-23(11-16)41-27(32)34-21/h1-8,10-12,19H,9,13-15H2,(H2,32,34)(H,33,37)(H,38,39). The third kappa shape index (κ3) is 6.57. The second-order valence-electron chi connectivity index (χ2n) is 9.31. The average Bonchev–Trinajstić information content (AvgIpc) is 3.52. The van der Waals surface area contributed by atoms with Gasteiger partial charge in [0.15, 0.2) is 10.8 Å². The minimum absolute atomic E-state index is 0.0333. The Balaban J connectivity index is 1.27. The molecule has 4 aromatic rings. The number of carbonyl (C=O) groups is 2. The number of fused-ring (bicyclic) bond motifs is 1. The van der Waals surface area contributed by atoms with Crippen molar-refractivity contribution in [1.82, 2.24) is 20.1 Å². The molecule has 9 nitrogen and oxygen atoms in total. The molecular weight excluding hydrogens is 559 g/mol. The number of ether oxygens (including phenoxy) is 1. The van der Waals surface area contributed by atoms with Crippen molar-refractivity contribution in [3.8, 4) is 5.88 Å². The monoisotopic (exact) mass is 583 g/mol. The van der Waals surface area contributed by atoms with E-state index in [1.54, 1.807) is 24.3 Å². The Morgan fingerprint density at radius 2 is 2.00 bits per heavy atom. The molecule has 5 rings (SSSR count). The van der Waals surface area contributed by atoms with E-state index < -0.39 is 24.0 Å². The Labute approximate surface area is 235 Å². The predicted molar refractivity (Wildman–Crippen MR) is 147 cm³/mol. The lowest BCUT2D eigenvalue weighted by Gasteiger charge is -2.20. The summed E-state index contributed by atoms with van der Waals surface area (Å²) in [6.45, 7) is -0.109. The van der Waals surface area contributed by atoms with Gasteiger partial charge in [-0.25, -0.2) is 14.5 Å². The largest absolute Gasteiger partial charge is 0.476 e. The summed E-state index contributed by atoms with van der Waals surface area (Å²) < 4.78 is 47.1. The number of anilines is 1. The van der Waals surface area contributed by atoms with Crippen LogP contribution in [-0.2, 0) is 24.5 Å². The molecule has 41 heavy (non-hydrogen) atoms. The smallest absolute Gasteiger partial charge is 0.395 e. The Morgan fingerprint density at radius 1 is 1.20 bits per heavy atom. The van der Waals surface area contributed by atoms with Crippen LogP contribution in [0.4, 0.5) is 18.3 Å². The molecule has 0 spiro atoms. The highest BCUT2D eigenvalue weighted by Gasteiger charge is 2.37. The van der Waals surface area contributed by atoms with Crippen molar-refractivity contribution < 1.29 is 32.6 Å². The molecule has 13 heteroatoms. The van der Waals surface area contributed by atoms with E-state index in [0.29, 0.717) is 21.8 Å². The van der Waals surface area contributed by atoms with E-state index in [1.165, 1.54) is 29.6 Å². The summed E-state index contributed by atoms with van der Waals surface area (Å²) in [6.07, 6.45) is -0.350. The summed E-state index contributed by atoms with van der Waals surface area (Å²) in [5.41, 5.74) is 9.03. The van der Waals surface area contributed by atoms with Gasteiger partial charge < -0.3 is 20.9 Å². The number of amides is 1. The Bertz CT molecular complexity index is 1670. The van der Waals surface area contributed by atoms with E-state index in [0.717, 1.165) is 26.5 Å². The fourth-order valence-corrected chi connectivity index (χ4v) is 5.16. The molecule has 212 valence electrons. The summed E-state index contributed by atoms with van der Waals surface area (Å²) >= 11 is 1.34. The molecule has 1 atom stereocenters. The first kappa shape index (κ1) is 27.9. The first-order valence-corrected chi connectivity index (χ1v) is 13.3. The van der Waals surface area contributed by atoms with Gasteiger partial charge in [0.2, 0.25) is 11.8 Å². The second-order valence-corrected chi connectivity index (χ2v) is 10.4. The average molecular weight is 584 g/mol. The van der Waals surface area contributed by atoms with Crippen LogP contribution >= 0.6 is 11.3 Å². The van der Waals surface area contributed by atoms with Crippen LogP contribution in [0.1, 0.15) is 33.6 Å². The molecule has 1 amide bonds. The molecule has 2 aromatic carbocycles. The van der Waals surface area contributed by atoms with Crippen LogP contribution in [0.25, 0.3) is 15.8 Å².